The van der Waals surface area contributed by atoms with Gasteiger partial charge in [-0.3, -0.25) is 0 Å². The zero-order chi connectivity index (χ0) is 14.4. The van der Waals surface area contributed by atoms with Crippen molar-refractivity contribution in [3.63, 3.8) is 0 Å². The van der Waals surface area contributed by atoms with Crippen molar-refractivity contribution in [2.45, 2.75) is 13.8 Å². The number of benzene rings is 2. The number of rotatable bonds is 1. The van der Waals surface area contributed by atoms with Gasteiger partial charge in [-0.05, 0) is 19.9 Å². The van der Waals surface area contributed by atoms with Crippen LogP contribution in [0.1, 0.15) is 11.3 Å². The standard InChI is InChI=1S/C18H14N2S/c1-11-7-9-13(10-8-11)18-19-12(2)17-16(20-18)14-5-3-4-6-15(14)21-17/h3-10H,1-2H3. The maximum absolute atomic E-state index is 4.82. The van der Waals surface area contributed by atoms with E-state index < -0.39 is 0 Å². The van der Waals surface area contributed by atoms with Gasteiger partial charge in [0.25, 0.3) is 0 Å². The summed E-state index contributed by atoms with van der Waals surface area (Å²) in [5.41, 5.74) is 4.44. The Balaban J connectivity index is 2.03. The second-order valence-corrected chi connectivity index (χ2v) is 6.33. The molecule has 0 N–H and O–H groups in total. The van der Waals surface area contributed by atoms with Crippen molar-refractivity contribution < 1.29 is 0 Å². The van der Waals surface area contributed by atoms with Gasteiger partial charge in [-0.2, -0.15) is 0 Å². The van der Waals surface area contributed by atoms with Crippen LogP contribution in [0.25, 0.3) is 31.7 Å². The molecule has 0 unspecified atom stereocenters. The Labute approximate surface area is 127 Å². The van der Waals surface area contributed by atoms with E-state index in [1.807, 2.05) is 0 Å². The molecule has 2 aromatic carbocycles. The Morgan fingerprint density at radius 1 is 0.857 bits per heavy atom. The van der Waals surface area contributed by atoms with Crippen LogP contribution in [-0.4, -0.2) is 9.97 Å². The molecule has 4 rings (SSSR count). The van der Waals surface area contributed by atoms with Crippen LogP contribution in [-0.2, 0) is 0 Å². The molecule has 0 saturated heterocycles. The van der Waals surface area contributed by atoms with Crippen LogP contribution in [0.4, 0.5) is 0 Å². The Bertz CT molecular complexity index is 952. The molecular weight excluding hydrogens is 276 g/mol. The Hall–Kier alpha value is -2.26. The molecule has 2 aromatic heterocycles. The van der Waals surface area contributed by atoms with E-state index in [0.717, 1.165) is 22.6 Å². The first-order valence-corrected chi connectivity index (χ1v) is 7.77. The molecule has 0 aliphatic carbocycles. The van der Waals surface area contributed by atoms with Gasteiger partial charge in [0.15, 0.2) is 5.82 Å². The molecule has 0 atom stereocenters. The topological polar surface area (TPSA) is 25.8 Å². The van der Waals surface area contributed by atoms with E-state index in [-0.39, 0.29) is 0 Å². The number of aromatic nitrogens is 2. The molecule has 102 valence electrons. The molecule has 0 radical (unpaired) electrons. The third-order valence-electron chi connectivity index (χ3n) is 3.70. The lowest BCUT2D eigenvalue weighted by Crippen LogP contribution is -1.92. The Morgan fingerprint density at radius 2 is 1.62 bits per heavy atom. The highest BCUT2D eigenvalue weighted by Crippen LogP contribution is 2.34. The van der Waals surface area contributed by atoms with Crippen LogP contribution in [0.15, 0.2) is 48.5 Å². The van der Waals surface area contributed by atoms with Gasteiger partial charge < -0.3 is 0 Å². The van der Waals surface area contributed by atoms with Crippen molar-refractivity contribution in [2.24, 2.45) is 0 Å². The molecule has 4 aromatic rings. The van der Waals surface area contributed by atoms with E-state index in [1.165, 1.54) is 20.3 Å². The fourth-order valence-electron chi connectivity index (χ4n) is 2.56. The molecule has 0 aliphatic rings. The van der Waals surface area contributed by atoms with E-state index in [2.05, 4.69) is 62.4 Å². The van der Waals surface area contributed by atoms with Gasteiger partial charge in [0.1, 0.15) is 0 Å². The Kier molecular flexibility index (Phi) is 2.76. The summed E-state index contributed by atoms with van der Waals surface area (Å²) in [6.45, 7) is 4.16. The fourth-order valence-corrected chi connectivity index (χ4v) is 3.65. The van der Waals surface area contributed by atoms with Crippen LogP contribution in [0, 0.1) is 13.8 Å². The van der Waals surface area contributed by atoms with Crippen molar-refractivity contribution in [3.05, 3.63) is 59.8 Å². The number of thiophene rings is 1. The summed E-state index contributed by atoms with van der Waals surface area (Å²) in [5, 5.41) is 1.22. The predicted molar refractivity (Wildman–Crippen MR) is 89.8 cm³/mol. The largest absolute Gasteiger partial charge is 0.232 e. The summed E-state index contributed by atoms with van der Waals surface area (Å²) < 4.78 is 2.46. The second-order valence-electron chi connectivity index (χ2n) is 5.27. The third kappa shape index (κ3) is 2.01. The van der Waals surface area contributed by atoms with Gasteiger partial charge in [-0.1, -0.05) is 48.0 Å². The summed E-state index contributed by atoms with van der Waals surface area (Å²) in [6, 6.07) is 16.8. The zero-order valence-corrected chi connectivity index (χ0v) is 12.7. The van der Waals surface area contributed by atoms with E-state index in [1.54, 1.807) is 11.3 Å². The average molecular weight is 290 g/mol. The monoisotopic (exact) mass is 290 g/mol. The summed E-state index contributed by atoms with van der Waals surface area (Å²) in [6.07, 6.45) is 0. The highest BCUT2D eigenvalue weighted by Gasteiger charge is 2.12. The first-order chi connectivity index (χ1) is 10.2. The van der Waals surface area contributed by atoms with Crippen LogP contribution >= 0.6 is 11.3 Å². The van der Waals surface area contributed by atoms with Gasteiger partial charge in [0.05, 0.1) is 15.9 Å². The fraction of sp³-hybridized carbons (Fsp3) is 0.111. The summed E-state index contributed by atoms with van der Waals surface area (Å²) in [4.78, 5) is 9.52. The minimum atomic E-state index is 0.809. The van der Waals surface area contributed by atoms with E-state index >= 15 is 0 Å². The lowest BCUT2D eigenvalue weighted by Gasteiger charge is -2.03. The van der Waals surface area contributed by atoms with E-state index in [9.17, 15) is 0 Å². The molecule has 21 heavy (non-hydrogen) atoms. The zero-order valence-electron chi connectivity index (χ0n) is 11.9. The molecule has 2 heterocycles. The Morgan fingerprint density at radius 3 is 2.43 bits per heavy atom. The number of hydrogen-bond acceptors (Lipinski definition) is 3. The minimum Gasteiger partial charge on any atom is -0.232 e. The highest BCUT2D eigenvalue weighted by molar-refractivity contribution is 7.25. The molecular formula is C18H14N2S. The van der Waals surface area contributed by atoms with Crippen LogP contribution in [0.5, 0.6) is 0 Å². The number of nitrogens with zero attached hydrogens (tertiary/aromatic N) is 2. The van der Waals surface area contributed by atoms with E-state index in [4.69, 9.17) is 9.97 Å². The first-order valence-electron chi connectivity index (χ1n) is 6.95. The van der Waals surface area contributed by atoms with Gasteiger partial charge in [0, 0.05) is 15.6 Å². The maximum atomic E-state index is 4.82. The lowest BCUT2D eigenvalue weighted by molar-refractivity contribution is 1.17. The number of hydrogen-bond donors (Lipinski definition) is 0. The molecule has 2 nitrogen and oxygen atoms in total. The van der Waals surface area contributed by atoms with Crippen LogP contribution < -0.4 is 0 Å². The van der Waals surface area contributed by atoms with E-state index in [0.29, 0.717) is 0 Å². The van der Waals surface area contributed by atoms with Gasteiger partial charge in [-0.25, -0.2) is 9.97 Å². The number of fused-ring (bicyclic) bond motifs is 3. The normalized spacial score (nSPS) is 11.3. The summed E-state index contributed by atoms with van der Waals surface area (Å²) in [7, 11) is 0. The molecule has 3 heteroatoms. The minimum absolute atomic E-state index is 0.809. The smallest absolute Gasteiger partial charge is 0.160 e. The molecule has 0 spiro atoms. The van der Waals surface area contributed by atoms with Crippen molar-refractivity contribution in [2.75, 3.05) is 0 Å². The van der Waals surface area contributed by atoms with Gasteiger partial charge in [0.2, 0.25) is 0 Å². The van der Waals surface area contributed by atoms with Gasteiger partial charge in [-0.15, -0.1) is 11.3 Å². The van der Waals surface area contributed by atoms with Crippen molar-refractivity contribution >= 4 is 31.6 Å². The third-order valence-corrected chi connectivity index (χ3v) is 4.97. The molecule has 0 amide bonds. The van der Waals surface area contributed by atoms with Crippen LogP contribution in [0.3, 0.4) is 0 Å². The predicted octanol–water partition coefficient (Wildman–Crippen LogP) is 5.13. The molecule has 0 aliphatic heterocycles. The van der Waals surface area contributed by atoms with Crippen LogP contribution in [0.2, 0.25) is 0 Å². The second kappa shape index (κ2) is 4.64. The average Bonchev–Trinajstić information content (AvgIpc) is 2.87. The maximum Gasteiger partial charge on any atom is 0.160 e. The van der Waals surface area contributed by atoms with Crippen molar-refractivity contribution in [1.82, 2.24) is 9.97 Å². The summed E-state index contributed by atoms with van der Waals surface area (Å²) in [5.74, 6) is 0.809. The lowest BCUT2D eigenvalue weighted by atomic mass is 10.1. The molecule has 0 saturated carbocycles. The summed E-state index contributed by atoms with van der Waals surface area (Å²) >= 11 is 1.77. The SMILES string of the molecule is Cc1ccc(-c2nc(C)c3sc4ccccc4c3n2)cc1. The van der Waals surface area contributed by atoms with Gasteiger partial charge >= 0.3 is 0 Å². The number of aryl methyl sites for hydroxylation is 2. The van der Waals surface area contributed by atoms with Crippen molar-refractivity contribution in [1.29, 1.82) is 0 Å². The van der Waals surface area contributed by atoms with Crippen molar-refractivity contribution in [3.8, 4) is 11.4 Å². The first kappa shape index (κ1) is 12.5. The molecule has 0 bridgehead atoms. The molecule has 0 fully saturated rings. The quantitative estimate of drug-likeness (QED) is 0.486. The highest BCUT2D eigenvalue weighted by atomic mass is 32.1.